The summed E-state index contributed by atoms with van der Waals surface area (Å²) < 4.78 is 0. The lowest BCUT2D eigenvalue weighted by molar-refractivity contribution is 0.229. The Hall–Kier alpha value is -1.23. The van der Waals surface area contributed by atoms with E-state index >= 15 is 0 Å². The van der Waals surface area contributed by atoms with Crippen LogP contribution in [0.15, 0.2) is 30.3 Å². The van der Waals surface area contributed by atoms with Gasteiger partial charge in [0.15, 0.2) is 0 Å². The molecule has 0 fully saturated rings. The average molecular weight is 288 g/mol. The summed E-state index contributed by atoms with van der Waals surface area (Å²) in [6.07, 6.45) is 3.38. The summed E-state index contributed by atoms with van der Waals surface area (Å²) in [6.45, 7) is 2.19. The molecule has 0 aliphatic heterocycles. The van der Waals surface area contributed by atoms with E-state index in [1.807, 2.05) is 18.2 Å². The van der Waals surface area contributed by atoms with Gasteiger partial charge < -0.3 is 10.4 Å². The molecule has 3 rings (SSSR count). The first-order valence-electron chi connectivity index (χ1n) is 7.16. The number of hydrogen-bond acceptors (Lipinski definition) is 4. The summed E-state index contributed by atoms with van der Waals surface area (Å²) in [7, 11) is 0. The molecule has 1 aliphatic carbocycles. The predicted molar refractivity (Wildman–Crippen MR) is 81.9 cm³/mol. The molecule has 2 atom stereocenters. The van der Waals surface area contributed by atoms with E-state index in [0.717, 1.165) is 23.4 Å². The van der Waals surface area contributed by atoms with Crippen LogP contribution in [0.1, 0.15) is 46.1 Å². The second-order valence-corrected chi connectivity index (χ2v) is 6.54. The maximum Gasteiger partial charge on any atom is 0.0900 e. The molecule has 2 aromatic rings. The minimum Gasteiger partial charge on any atom is -0.394 e. The van der Waals surface area contributed by atoms with Gasteiger partial charge in [-0.2, -0.15) is 0 Å². The van der Waals surface area contributed by atoms with Gasteiger partial charge in [-0.3, -0.25) is 0 Å². The van der Waals surface area contributed by atoms with Gasteiger partial charge in [-0.05, 0) is 31.7 Å². The van der Waals surface area contributed by atoms with E-state index in [4.69, 9.17) is 0 Å². The number of aromatic nitrogens is 1. The lowest BCUT2D eigenvalue weighted by Gasteiger charge is -2.27. The average Bonchev–Trinajstić information content (AvgIpc) is 2.86. The number of fused-ring (bicyclic) bond motifs is 1. The van der Waals surface area contributed by atoms with Crippen LogP contribution >= 0.6 is 11.3 Å². The van der Waals surface area contributed by atoms with Crippen molar-refractivity contribution >= 4 is 11.3 Å². The van der Waals surface area contributed by atoms with Crippen molar-refractivity contribution in [3.8, 4) is 0 Å². The van der Waals surface area contributed by atoms with Gasteiger partial charge in [-0.1, -0.05) is 30.3 Å². The zero-order valence-electron chi connectivity index (χ0n) is 11.7. The largest absolute Gasteiger partial charge is 0.394 e. The number of aliphatic hydroxyl groups is 1. The highest BCUT2D eigenvalue weighted by Crippen LogP contribution is 2.35. The molecule has 0 bridgehead atoms. The first-order chi connectivity index (χ1) is 9.78. The topological polar surface area (TPSA) is 45.2 Å². The molecule has 0 saturated carbocycles. The van der Waals surface area contributed by atoms with E-state index < -0.39 is 0 Å². The fourth-order valence-electron chi connectivity index (χ4n) is 2.88. The summed E-state index contributed by atoms with van der Waals surface area (Å²) in [5.41, 5.74) is 2.39. The van der Waals surface area contributed by atoms with Crippen molar-refractivity contribution in [2.45, 2.75) is 38.3 Å². The van der Waals surface area contributed by atoms with Crippen LogP contribution in [0.2, 0.25) is 0 Å². The van der Waals surface area contributed by atoms with Crippen molar-refractivity contribution < 1.29 is 5.11 Å². The Balaban J connectivity index is 1.80. The Morgan fingerprint density at radius 1 is 1.40 bits per heavy atom. The molecule has 0 saturated heterocycles. The number of hydrogen-bond donors (Lipinski definition) is 2. The Bertz CT molecular complexity index is 567. The Morgan fingerprint density at radius 2 is 2.20 bits per heavy atom. The molecule has 1 heterocycles. The number of aryl methyl sites for hydroxylation is 2. The van der Waals surface area contributed by atoms with E-state index in [1.54, 1.807) is 11.3 Å². The van der Waals surface area contributed by atoms with Crippen molar-refractivity contribution in [2.24, 2.45) is 0 Å². The molecule has 2 unspecified atom stereocenters. The van der Waals surface area contributed by atoms with E-state index in [2.05, 4.69) is 29.4 Å². The maximum atomic E-state index is 9.69. The number of thiazole rings is 1. The van der Waals surface area contributed by atoms with E-state index in [9.17, 15) is 5.11 Å². The SMILES string of the molecule is Cc1nc2c(s1)C(NC(CO)c1ccccc1)CCC2. The van der Waals surface area contributed by atoms with Gasteiger partial charge in [-0.15, -0.1) is 11.3 Å². The minimum atomic E-state index is -0.00504. The summed E-state index contributed by atoms with van der Waals surface area (Å²) >= 11 is 1.79. The third-order valence-corrected chi connectivity index (χ3v) is 4.97. The second kappa shape index (κ2) is 6.04. The summed E-state index contributed by atoms with van der Waals surface area (Å²) in [5.74, 6) is 0. The van der Waals surface area contributed by atoms with Gasteiger partial charge in [0.05, 0.1) is 23.4 Å². The maximum absolute atomic E-state index is 9.69. The molecule has 4 heteroatoms. The Kier molecular flexibility index (Phi) is 4.15. The van der Waals surface area contributed by atoms with Crippen molar-refractivity contribution in [3.05, 3.63) is 51.5 Å². The molecule has 106 valence electrons. The van der Waals surface area contributed by atoms with Crippen LogP contribution in [-0.2, 0) is 6.42 Å². The molecule has 20 heavy (non-hydrogen) atoms. The standard InChI is InChI=1S/C16H20N2OS/c1-11-17-13-8-5-9-14(16(13)20-11)18-15(10-19)12-6-3-2-4-7-12/h2-4,6-7,14-15,18-19H,5,8-10H2,1H3. The fraction of sp³-hybridized carbons (Fsp3) is 0.438. The number of nitrogens with zero attached hydrogens (tertiary/aromatic N) is 1. The third kappa shape index (κ3) is 2.77. The van der Waals surface area contributed by atoms with Crippen LogP contribution < -0.4 is 5.32 Å². The molecular formula is C16H20N2OS. The highest BCUT2D eigenvalue weighted by Gasteiger charge is 2.26. The molecule has 3 nitrogen and oxygen atoms in total. The van der Waals surface area contributed by atoms with E-state index in [1.165, 1.54) is 17.0 Å². The van der Waals surface area contributed by atoms with E-state index in [0.29, 0.717) is 6.04 Å². The molecule has 0 amide bonds. The Labute approximate surface area is 123 Å². The van der Waals surface area contributed by atoms with E-state index in [-0.39, 0.29) is 12.6 Å². The number of nitrogens with one attached hydrogen (secondary N) is 1. The number of aliphatic hydroxyl groups excluding tert-OH is 1. The first kappa shape index (κ1) is 13.7. The van der Waals surface area contributed by atoms with Crippen LogP contribution in [0.4, 0.5) is 0 Å². The van der Waals surface area contributed by atoms with Crippen molar-refractivity contribution in [2.75, 3.05) is 6.61 Å². The highest BCUT2D eigenvalue weighted by molar-refractivity contribution is 7.11. The van der Waals surface area contributed by atoms with Crippen molar-refractivity contribution in [3.63, 3.8) is 0 Å². The highest BCUT2D eigenvalue weighted by atomic mass is 32.1. The smallest absolute Gasteiger partial charge is 0.0900 e. The van der Waals surface area contributed by atoms with Gasteiger partial charge in [0.25, 0.3) is 0 Å². The quantitative estimate of drug-likeness (QED) is 0.908. The van der Waals surface area contributed by atoms with Crippen LogP contribution in [0.3, 0.4) is 0 Å². The predicted octanol–water partition coefficient (Wildman–Crippen LogP) is 3.15. The van der Waals surface area contributed by atoms with Crippen LogP contribution in [0.25, 0.3) is 0 Å². The molecular weight excluding hydrogens is 268 g/mol. The zero-order chi connectivity index (χ0) is 13.9. The normalized spacial score (nSPS) is 19.6. The van der Waals surface area contributed by atoms with Crippen LogP contribution in [-0.4, -0.2) is 16.7 Å². The summed E-state index contributed by atoms with van der Waals surface area (Å²) in [5, 5.41) is 14.4. The van der Waals surface area contributed by atoms with Crippen molar-refractivity contribution in [1.29, 1.82) is 0 Å². The molecule has 1 aromatic heterocycles. The van der Waals surface area contributed by atoms with Gasteiger partial charge in [0.2, 0.25) is 0 Å². The van der Waals surface area contributed by atoms with Crippen LogP contribution in [0, 0.1) is 6.92 Å². The fourth-order valence-corrected chi connectivity index (χ4v) is 3.95. The Morgan fingerprint density at radius 3 is 2.95 bits per heavy atom. The summed E-state index contributed by atoms with van der Waals surface area (Å²) in [6, 6.07) is 10.5. The zero-order valence-corrected chi connectivity index (χ0v) is 12.5. The van der Waals surface area contributed by atoms with Gasteiger partial charge >= 0.3 is 0 Å². The summed E-state index contributed by atoms with van der Waals surface area (Å²) in [4.78, 5) is 5.99. The number of rotatable bonds is 4. The minimum absolute atomic E-state index is 0.00504. The molecule has 2 N–H and O–H groups in total. The first-order valence-corrected chi connectivity index (χ1v) is 7.97. The lowest BCUT2D eigenvalue weighted by atomic mass is 9.96. The monoisotopic (exact) mass is 288 g/mol. The molecule has 0 radical (unpaired) electrons. The lowest BCUT2D eigenvalue weighted by Crippen LogP contribution is -2.30. The third-order valence-electron chi connectivity index (χ3n) is 3.84. The molecule has 1 aliphatic rings. The van der Waals surface area contributed by atoms with Gasteiger partial charge in [0.1, 0.15) is 0 Å². The second-order valence-electron chi connectivity index (χ2n) is 5.30. The number of benzene rings is 1. The molecule has 1 aromatic carbocycles. The van der Waals surface area contributed by atoms with Gasteiger partial charge in [0, 0.05) is 10.9 Å². The van der Waals surface area contributed by atoms with Crippen molar-refractivity contribution in [1.82, 2.24) is 10.3 Å². The van der Waals surface area contributed by atoms with Gasteiger partial charge in [-0.25, -0.2) is 4.98 Å². The van der Waals surface area contributed by atoms with Crippen LogP contribution in [0.5, 0.6) is 0 Å². The molecule has 0 spiro atoms.